The molecule has 5 aromatic rings. The molecule has 0 aliphatic heterocycles. The lowest BCUT2D eigenvalue weighted by molar-refractivity contribution is -0.384. The summed E-state index contributed by atoms with van der Waals surface area (Å²) in [5, 5.41) is 19.5. The summed E-state index contributed by atoms with van der Waals surface area (Å²) in [6.07, 6.45) is 1.43. The second-order valence-corrected chi connectivity index (χ2v) is 12.2. The predicted molar refractivity (Wildman–Crippen MR) is 190 cm³/mol. The summed E-state index contributed by atoms with van der Waals surface area (Å²) in [6, 6.07) is 34.9. The molecule has 48 heavy (non-hydrogen) atoms. The predicted octanol–water partition coefficient (Wildman–Crippen LogP) is 8.78. The van der Waals surface area contributed by atoms with Crippen molar-refractivity contribution in [3.05, 3.63) is 170 Å². The van der Waals surface area contributed by atoms with Gasteiger partial charge in [0, 0.05) is 33.3 Å². The third-order valence-electron chi connectivity index (χ3n) is 6.84. The van der Waals surface area contributed by atoms with Crippen LogP contribution in [0.25, 0.3) is 6.08 Å². The highest BCUT2D eigenvalue weighted by Gasteiger charge is 2.23. The Morgan fingerprint density at radius 2 is 1.42 bits per heavy atom. The van der Waals surface area contributed by atoms with E-state index in [2.05, 4.69) is 16.0 Å². The Bertz CT molecular complexity index is 1970. The van der Waals surface area contributed by atoms with Crippen LogP contribution in [0.1, 0.15) is 26.7 Å². The third-order valence-corrected chi connectivity index (χ3v) is 8.67. The van der Waals surface area contributed by atoms with E-state index in [4.69, 9.17) is 23.2 Å². The summed E-state index contributed by atoms with van der Waals surface area (Å²) in [5.74, 6) is -1.42. The van der Waals surface area contributed by atoms with Gasteiger partial charge in [-0.25, -0.2) is 0 Å². The van der Waals surface area contributed by atoms with Crippen LogP contribution in [0.15, 0.2) is 138 Å². The molecular weight excluding hydrogens is 671 g/mol. The van der Waals surface area contributed by atoms with Crippen molar-refractivity contribution in [2.45, 2.75) is 10.1 Å². The second kappa shape index (κ2) is 15.9. The van der Waals surface area contributed by atoms with Crippen LogP contribution in [0.2, 0.25) is 10.0 Å². The minimum Gasteiger partial charge on any atom is -0.323 e. The van der Waals surface area contributed by atoms with E-state index in [1.54, 1.807) is 72.8 Å². The lowest BCUT2D eigenvalue weighted by atomic mass is 10.1. The molecule has 9 nitrogen and oxygen atoms in total. The quantitative estimate of drug-likeness (QED) is 0.0548. The first kappa shape index (κ1) is 33.9. The van der Waals surface area contributed by atoms with Gasteiger partial charge in [0.25, 0.3) is 17.5 Å². The summed E-state index contributed by atoms with van der Waals surface area (Å²) in [4.78, 5) is 51.2. The molecule has 1 unspecified atom stereocenters. The largest absolute Gasteiger partial charge is 0.323 e. The number of carbonyl (C=O) groups excluding carboxylic acids is 3. The number of hydrogen-bond donors (Lipinski definition) is 3. The van der Waals surface area contributed by atoms with Crippen molar-refractivity contribution >= 4 is 75.8 Å². The SMILES string of the molecule is O=C(Nc1ccc(SC(C(=O)Nc2cc(Cl)ccc2Cl)c2ccccc2)cc1)/C(=C/c1ccc([N+](=O)[O-])cc1)NC(=O)c1ccccc1. The van der Waals surface area contributed by atoms with Gasteiger partial charge >= 0.3 is 0 Å². The van der Waals surface area contributed by atoms with Crippen molar-refractivity contribution in [2.24, 2.45) is 0 Å². The molecule has 0 bridgehead atoms. The first-order chi connectivity index (χ1) is 23.2. The van der Waals surface area contributed by atoms with Crippen LogP contribution >= 0.6 is 35.0 Å². The standard InChI is InChI=1S/C36H26Cl2N4O5S/c37-26-13-20-30(38)31(22-26)40-36(45)33(24-7-3-1-4-8-24)48-29-18-14-27(15-19-29)39-35(44)32(41-34(43)25-9-5-2-6-10-25)21-23-11-16-28(17-12-23)42(46)47/h1-22,33H,(H,39,44)(H,40,45)(H,41,43)/b32-21-. The van der Waals surface area contributed by atoms with Crippen LogP contribution in [0.4, 0.5) is 17.1 Å². The fourth-order valence-electron chi connectivity index (χ4n) is 4.45. The van der Waals surface area contributed by atoms with Crippen molar-refractivity contribution < 1.29 is 19.3 Å². The Balaban J connectivity index is 1.34. The van der Waals surface area contributed by atoms with Crippen LogP contribution < -0.4 is 16.0 Å². The van der Waals surface area contributed by atoms with Gasteiger partial charge in [0.05, 0.1) is 15.6 Å². The molecule has 0 spiro atoms. The van der Waals surface area contributed by atoms with E-state index < -0.39 is 22.0 Å². The Morgan fingerprint density at radius 1 is 0.771 bits per heavy atom. The molecule has 0 saturated carbocycles. The van der Waals surface area contributed by atoms with Gasteiger partial charge in [-0.1, -0.05) is 71.7 Å². The van der Waals surface area contributed by atoms with E-state index in [1.165, 1.54) is 42.1 Å². The summed E-state index contributed by atoms with van der Waals surface area (Å²) in [6.45, 7) is 0. The maximum absolute atomic E-state index is 13.5. The zero-order valence-electron chi connectivity index (χ0n) is 24.9. The highest BCUT2D eigenvalue weighted by Crippen LogP contribution is 2.37. The summed E-state index contributed by atoms with van der Waals surface area (Å²) < 4.78 is 0. The highest BCUT2D eigenvalue weighted by atomic mass is 35.5. The van der Waals surface area contributed by atoms with E-state index in [0.717, 1.165) is 10.5 Å². The van der Waals surface area contributed by atoms with E-state index in [-0.39, 0.29) is 17.3 Å². The molecular formula is C36H26Cl2N4O5S. The van der Waals surface area contributed by atoms with Gasteiger partial charge in [-0.2, -0.15) is 0 Å². The monoisotopic (exact) mass is 696 g/mol. The highest BCUT2D eigenvalue weighted by molar-refractivity contribution is 8.00. The molecule has 0 heterocycles. The number of amides is 3. The molecule has 3 amide bonds. The zero-order chi connectivity index (χ0) is 34.0. The van der Waals surface area contributed by atoms with Gasteiger partial charge < -0.3 is 16.0 Å². The van der Waals surface area contributed by atoms with Crippen molar-refractivity contribution in [1.29, 1.82) is 0 Å². The van der Waals surface area contributed by atoms with Gasteiger partial charge in [0.2, 0.25) is 5.91 Å². The number of nitrogens with one attached hydrogen (secondary N) is 3. The number of non-ortho nitro benzene ring substituents is 1. The van der Waals surface area contributed by atoms with Gasteiger partial charge in [0.15, 0.2) is 0 Å². The molecule has 0 aliphatic rings. The first-order valence-corrected chi connectivity index (χ1v) is 16.0. The topological polar surface area (TPSA) is 130 Å². The maximum atomic E-state index is 13.5. The van der Waals surface area contributed by atoms with E-state index in [9.17, 15) is 24.5 Å². The average molecular weight is 698 g/mol. The van der Waals surface area contributed by atoms with Gasteiger partial charge in [-0.15, -0.1) is 11.8 Å². The first-order valence-electron chi connectivity index (χ1n) is 14.4. The number of carbonyl (C=O) groups is 3. The number of nitrogens with zero attached hydrogens (tertiary/aromatic N) is 1. The van der Waals surface area contributed by atoms with Gasteiger partial charge in [0.1, 0.15) is 10.9 Å². The summed E-state index contributed by atoms with van der Waals surface area (Å²) in [7, 11) is 0. The molecule has 3 N–H and O–H groups in total. The minimum absolute atomic E-state index is 0.0725. The average Bonchev–Trinajstić information content (AvgIpc) is 3.10. The van der Waals surface area contributed by atoms with E-state index in [1.807, 2.05) is 30.3 Å². The number of nitro benzene ring substituents is 1. The Morgan fingerprint density at radius 3 is 2.06 bits per heavy atom. The normalized spacial score (nSPS) is 11.7. The van der Waals surface area contributed by atoms with Crippen LogP contribution in [0.3, 0.4) is 0 Å². The molecule has 0 aliphatic carbocycles. The number of thioether (sulfide) groups is 1. The smallest absolute Gasteiger partial charge is 0.272 e. The minimum atomic E-state index is -0.647. The lowest BCUT2D eigenvalue weighted by Gasteiger charge is -2.18. The fraction of sp³-hybridized carbons (Fsp3) is 0.0278. The van der Waals surface area contributed by atoms with Crippen molar-refractivity contribution in [3.8, 4) is 0 Å². The van der Waals surface area contributed by atoms with E-state index in [0.29, 0.717) is 32.5 Å². The molecule has 240 valence electrons. The number of halogens is 2. The third kappa shape index (κ3) is 9.10. The van der Waals surface area contributed by atoms with Crippen LogP contribution in [0.5, 0.6) is 0 Å². The number of anilines is 2. The van der Waals surface area contributed by atoms with Gasteiger partial charge in [-0.05, 0) is 83.9 Å². The van der Waals surface area contributed by atoms with Crippen molar-refractivity contribution in [3.63, 3.8) is 0 Å². The number of hydrogen-bond acceptors (Lipinski definition) is 6. The number of benzene rings is 5. The number of nitro groups is 1. The summed E-state index contributed by atoms with van der Waals surface area (Å²) in [5.41, 5.74) is 2.23. The molecule has 0 aromatic heterocycles. The lowest BCUT2D eigenvalue weighted by Crippen LogP contribution is -2.30. The molecule has 5 rings (SSSR count). The molecule has 5 aromatic carbocycles. The van der Waals surface area contributed by atoms with E-state index >= 15 is 0 Å². The van der Waals surface area contributed by atoms with Gasteiger partial charge in [-0.3, -0.25) is 24.5 Å². The number of rotatable bonds is 11. The van der Waals surface area contributed by atoms with Crippen molar-refractivity contribution in [1.82, 2.24) is 5.32 Å². The molecule has 0 saturated heterocycles. The van der Waals surface area contributed by atoms with Crippen molar-refractivity contribution in [2.75, 3.05) is 10.6 Å². The molecule has 1 atom stereocenters. The van der Waals surface area contributed by atoms with Crippen LogP contribution in [0, 0.1) is 10.1 Å². The van der Waals surface area contributed by atoms with Crippen LogP contribution in [-0.4, -0.2) is 22.6 Å². The Hall–Kier alpha value is -5.42. The zero-order valence-corrected chi connectivity index (χ0v) is 27.3. The Labute approximate surface area is 290 Å². The summed E-state index contributed by atoms with van der Waals surface area (Å²) >= 11 is 13.7. The molecule has 12 heteroatoms. The second-order valence-electron chi connectivity index (χ2n) is 10.2. The maximum Gasteiger partial charge on any atom is 0.272 e. The molecule has 0 radical (unpaired) electrons. The molecule has 0 fully saturated rings. The van der Waals surface area contributed by atoms with Crippen LogP contribution in [-0.2, 0) is 9.59 Å². The fourth-order valence-corrected chi connectivity index (χ4v) is 5.81. The Kier molecular flexibility index (Phi) is 11.3.